The molecule has 1 unspecified atom stereocenters. The molecule has 0 aliphatic carbocycles. The van der Waals surface area contributed by atoms with E-state index in [1.54, 1.807) is 0 Å². The van der Waals surface area contributed by atoms with Crippen LogP contribution in [0.1, 0.15) is 23.7 Å². The van der Waals surface area contributed by atoms with Gasteiger partial charge >= 0.3 is 23.9 Å². The van der Waals surface area contributed by atoms with Crippen LogP contribution in [0.25, 0.3) is 0 Å². The normalized spacial score (nSPS) is 15.8. The van der Waals surface area contributed by atoms with E-state index in [1.165, 1.54) is 18.2 Å². The Balaban J connectivity index is 3.15. The van der Waals surface area contributed by atoms with E-state index in [4.69, 9.17) is 4.55 Å². The number of hydrogen-bond acceptors (Lipinski definition) is 2. The molecule has 0 amide bonds. The quantitative estimate of drug-likeness (QED) is 0.508. The Morgan fingerprint density at radius 3 is 1.69 bits per heavy atom. The highest BCUT2D eigenvalue weighted by molar-refractivity contribution is 7.86. The average molecular weight is 418 g/mol. The lowest BCUT2D eigenvalue weighted by molar-refractivity contribution is -0.396. The van der Waals surface area contributed by atoms with Gasteiger partial charge in [-0.25, -0.2) is 0 Å². The molecule has 1 atom stereocenters. The summed E-state index contributed by atoms with van der Waals surface area (Å²) in [4.78, 5) is 0. The van der Waals surface area contributed by atoms with Crippen LogP contribution >= 0.6 is 0 Å². The molecule has 0 radical (unpaired) electrons. The minimum absolute atomic E-state index is 0.336. The highest BCUT2D eigenvalue weighted by Crippen LogP contribution is 2.54. The third-order valence-electron chi connectivity index (χ3n) is 3.46. The molecule has 1 N–H and O–H groups in total. The summed E-state index contributed by atoms with van der Waals surface area (Å²) >= 11 is 0. The van der Waals surface area contributed by atoms with Gasteiger partial charge in [-0.15, -0.1) is 0 Å². The molecular weight excluding hydrogens is 407 g/mol. The highest BCUT2D eigenvalue weighted by atomic mass is 32.2. The summed E-state index contributed by atoms with van der Waals surface area (Å²) in [7, 11) is -5.14. The maximum absolute atomic E-state index is 13.5. The smallest absolute Gasteiger partial charge is 0.285 e. The maximum Gasteiger partial charge on any atom is 0.460 e. The predicted octanol–water partition coefficient (Wildman–Crippen LogP) is 4.86. The van der Waals surface area contributed by atoms with Gasteiger partial charge in [0.15, 0.2) is 0 Å². The zero-order valence-corrected chi connectivity index (χ0v) is 13.3. The number of benzene rings is 1. The van der Waals surface area contributed by atoms with Crippen molar-refractivity contribution in [2.24, 2.45) is 0 Å². The monoisotopic (exact) mass is 418 g/mol. The van der Waals surface area contributed by atoms with Crippen LogP contribution in [0.2, 0.25) is 0 Å². The molecule has 0 saturated heterocycles. The Labute approximate surface area is 141 Å². The summed E-state index contributed by atoms with van der Waals surface area (Å²) in [6.07, 6.45) is -10.8. The van der Waals surface area contributed by atoms with Crippen LogP contribution in [0.4, 0.5) is 39.5 Å². The maximum atomic E-state index is 13.5. The van der Waals surface area contributed by atoms with Crippen molar-refractivity contribution in [2.45, 2.75) is 42.0 Å². The molecule has 1 rings (SSSR count). The van der Waals surface area contributed by atoms with Crippen molar-refractivity contribution in [3.8, 4) is 0 Å². The molecule has 1 aromatic carbocycles. The van der Waals surface area contributed by atoms with Gasteiger partial charge in [0.25, 0.3) is 10.1 Å². The Kier molecular flexibility index (Phi) is 5.99. The van der Waals surface area contributed by atoms with Crippen LogP contribution in [-0.2, 0) is 10.1 Å². The van der Waals surface area contributed by atoms with Crippen molar-refractivity contribution in [1.29, 1.82) is 0 Å². The van der Waals surface area contributed by atoms with Crippen LogP contribution in [0, 0.1) is 0 Å². The number of halogens is 9. The minimum Gasteiger partial charge on any atom is -0.285 e. The number of hydrogen-bond donors (Lipinski definition) is 1. The largest absolute Gasteiger partial charge is 0.460 e. The Morgan fingerprint density at radius 1 is 0.846 bits per heavy atom. The number of alkyl halides is 9. The van der Waals surface area contributed by atoms with Crippen LogP contribution < -0.4 is 0 Å². The number of rotatable bonds is 7. The van der Waals surface area contributed by atoms with Crippen LogP contribution in [0.5, 0.6) is 0 Å². The fraction of sp³-hybridized carbons (Fsp3) is 0.538. The SMILES string of the molecule is O=S(=O)(O)C(CCC(F)(F)C(F)(F)C(F)(F)C(F)(F)F)c1ccccc1. The van der Waals surface area contributed by atoms with Gasteiger partial charge in [0.2, 0.25) is 0 Å². The highest BCUT2D eigenvalue weighted by Gasteiger charge is 2.81. The Morgan fingerprint density at radius 2 is 1.31 bits per heavy atom. The van der Waals surface area contributed by atoms with Crippen LogP contribution in [0.15, 0.2) is 30.3 Å². The van der Waals surface area contributed by atoms with Crippen molar-refractivity contribution in [1.82, 2.24) is 0 Å². The van der Waals surface area contributed by atoms with Crippen LogP contribution in [0.3, 0.4) is 0 Å². The van der Waals surface area contributed by atoms with Gasteiger partial charge in [0, 0.05) is 6.42 Å². The first-order valence-electron chi connectivity index (χ1n) is 6.66. The first kappa shape index (κ1) is 22.5. The van der Waals surface area contributed by atoms with Crippen molar-refractivity contribution in [3.05, 3.63) is 35.9 Å². The predicted molar refractivity (Wildman–Crippen MR) is 70.9 cm³/mol. The lowest BCUT2D eigenvalue weighted by Crippen LogP contribution is -2.60. The molecule has 0 aliphatic rings. The van der Waals surface area contributed by atoms with Gasteiger partial charge in [-0.1, -0.05) is 30.3 Å². The second-order valence-corrected chi connectivity index (χ2v) is 6.90. The molecule has 0 aromatic heterocycles. The fourth-order valence-corrected chi connectivity index (χ4v) is 2.95. The van der Waals surface area contributed by atoms with E-state index in [9.17, 15) is 47.9 Å². The molecule has 0 heterocycles. The van der Waals surface area contributed by atoms with Crippen molar-refractivity contribution >= 4 is 10.1 Å². The molecule has 0 fully saturated rings. The van der Waals surface area contributed by atoms with Gasteiger partial charge in [-0.3, -0.25) is 4.55 Å². The summed E-state index contributed by atoms with van der Waals surface area (Å²) in [6.45, 7) is 0. The third-order valence-corrected chi connectivity index (χ3v) is 4.69. The van der Waals surface area contributed by atoms with E-state index in [0.717, 1.165) is 12.1 Å². The lowest BCUT2D eigenvalue weighted by atomic mass is 9.97. The zero-order chi connectivity index (χ0) is 20.6. The minimum atomic E-state index is -7.05. The summed E-state index contributed by atoms with van der Waals surface area (Å²) in [5, 5.41) is -2.22. The molecular formula is C13H11F9O3S. The summed E-state index contributed by atoms with van der Waals surface area (Å²) in [5.74, 6) is -19.8. The van der Waals surface area contributed by atoms with E-state index >= 15 is 0 Å². The van der Waals surface area contributed by atoms with Crippen molar-refractivity contribution in [3.63, 3.8) is 0 Å². The molecule has 13 heteroatoms. The summed E-state index contributed by atoms with van der Waals surface area (Å²) < 4.78 is 146. The Bertz CT molecular complexity index is 714. The summed E-state index contributed by atoms with van der Waals surface area (Å²) in [5.41, 5.74) is -0.336. The van der Waals surface area contributed by atoms with Gasteiger partial charge in [0.05, 0.1) is 0 Å². The molecule has 0 spiro atoms. The van der Waals surface area contributed by atoms with E-state index in [2.05, 4.69) is 0 Å². The van der Waals surface area contributed by atoms with E-state index in [1.807, 2.05) is 0 Å². The van der Waals surface area contributed by atoms with Gasteiger partial charge in [0.1, 0.15) is 5.25 Å². The molecule has 0 saturated carbocycles. The zero-order valence-electron chi connectivity index (χ0n) is 12.5. The standard InChI is InChI=1S/C13H11F9O3S/c14-10(15,11(16,17)12(18,19)13(20,21)22)7-6-9(26(23,24)25)8-4-2-1-3-5-8/h1-5,9H,6-7H2,(H,23,24,25). The first-order valence-corrected chi connectivity index (χ1v) is 8.17. The third kappa shape index (κ3) is 4.24. The van der Waals surface area contributed by atoms with Crippen molar-refractivity contribution in [2.75, 3.05) is 0 Å². The summed E-state index contributed by atoms with van der Waals surface area (Å²) in [6, 6.07) is 5.80. The van der Waals surface area contributed by atoms with Crippen molar-refractivity contribution < 1.29 is 52.5 Å². The van der Waals surface area contributed by atoms with Crippen LogP contribution in [-0.4, -0.2) is 36.9 Å². The first-order chi connectivity index (χ1) is 11.5. The fourth-order valence-electron chi connectivity index (χ4n) is 2.03. The lowest BCUT2D eigenvalue weighted by Gasteiger charge is -2.34. The van der Waals surface area contributed by atoms with Gasteiger partial charge in [-0.2, -0.15) is 47.9 Å². The second-order valence-electron chi connectivity index (χ2n) is 5.30. The second kappa shape index (κ2) is 6.91. The molecule has 3 nitrogen and oxygen atoms in total. The molecule has 26 heavy (non-hydrogen) atoms. The molecule has 150 valence electrons. The Hall–Kier alpha value is -1.50. The van der Waals surface area contributed by atoms with E-state index < -0.39 is 52.2 Å². The molecule has 1 aromatic rings. The molecule has 0 bridgehead atoms. The van der Waals surface area contributed by atoms with E-state index in [-0.39, 0.29) is 5.56 Å². The topological polar surface area (TPSA) is 54.4 Å². The van der Waals surface area contributed by atoms with Gasteiger partial charge < -0.3 is 0 Å². The van der Waals surface area contributed by atoms with Gasteiger partial charge in [-0.05, 0) is 12.0 Å². The average Bonchev–Trinajstić information content (AvgIpc) is 2.45. The molecule has 0 aliphatic heterocycles. The van der Waals surface area contributed by atoms with E-state index in [0.29, 0.717) is 0 Å².